The van der Waals surface area contributed by atoms with Gasteiger partial charge in [-0.05, 0) is 25.1 Å². The second kappa shape index (κ2) is 4.85. The highest BCUT2D eigenvalue weighted by Crippen LogP contribution is 2.22. The summed E-state index contributed by atoms with van der Waals surface area (Å²) in [5.41, 5.74) is 5.71. The number of rotatable bonds is 4. The number of carboxylic acids is 1. The molecule has 4 N–H and O–H groups in total. The van der Waals surface area contributed by atoms with Crippen LogP contribution in [-0.4, -0.2) is 24.5 Å². The van der Waals surface area contributed by atoms with Gasteiger partial charge in [-0.15, -0.1) is 0 Å². The first-order valence-electron chi connectivity index (χ1n) is 5.37. The van der Waals surface area contributed by atoms with E-state index in [1.165, 1.54) is 12.3 Å². The molecular formula is C11H11N3O5S. The fourth-order valence-electron chi connectivity index (χ4n) is 1.51. The van der Waals surface area contributed by atoms with Crippen LogP contribution in [0.2, 0.25) is 0 Å². The fourth-order valence-corrected chi connectivity index (χ4v) is 2.68. The topological polar surface area (TPSA) is 136 Å². The normalized spacial score (nSPS) is 11.2. The average Bonchev–Trinajstić information content (AvgIpc) is 2.73. The van der Waals surface area contributed by atoms with Crippen LogP contribution in [0.5, 0.6) is 0 Å². The third-order valence-electron chi connectivity index (χ3n) is 2.37. The monoisotopic (exact) mass is 297 g/mol. The Bertz CT molecular complexity index is 766. The molecule has 8 nitrogen and oxygen atoms in total. The van der Waals surface area contributed by atoms with Crippen molar-refractivity contribution in [1.82, 2.24) is 4.98 Å². The van der Waals surface area contributed by atoms with Crippen LogP contribution in [0.4, 0.5) is 11.7 Å². The van der Waals surface area contributed by atoms with Gasteiger partial charge in [-0.1, -0.05) is 0 Å². The van der Waals surface area contributed by atoms with Crippen LogP contribution in [-0.2, 0) is 10.0 Å². The van der Waals surface area contributed by atoms with Crippen LogP contribution in [0.25, 0.3) is 0 Å². The van der Waals surface area contributed by atoms with Crippen molar-refractivity contribution >= 4 is 27.7 Å². The second-order valence-corrected chi connectivity index (χ2v) is 5.61. The number of hydrogen-bond donors (Lipinski definition) is 3. The van der Waals surface area contributed by atoms with Crippen LogP contribution in [0.3, 0.4) is 0 Å². The van der Waals surface area contributed by atoms with Crippen molar-refractivity contribution in [2.24, 2.45) is 0 Å². The lowest BCUT2D eigenvalue weighted by atomic mass is 10.2. The highest BCUT2D eigenvalue weighted by molar-refractivity contribution is 7.92. The molecule has 0 radical (unpaired) electrons. The van der Waals surface area contributed by atoms with Crippen molar-refractivity contribution in [2.75, 3.05) is 10.5 Å². The fraction of sp³-hybridized carbons (Fsp3) is 0.0909. The minimum absolute atomic E-state index is 0.124. The number of carbonyl (C=O) groups is 1. The van der Waals surface area contributed by atoms with Gasteiger partial charge in [0, 0.05) is 5.69 Å². The molecule has 0 atom stereocenters. The Hall–Kier alpha value is -2.55. The molecule has 0 amide bonds. The minimum Gasteiger partial charge on any atom is -0.478 e. The van der Waals surface area contributed by atoms with Crippen molar-refractivity contribution in [2.45, 2.75) is 11.8 Å². The number of nitrogens with one attached hydrogen (secondary N) is 1. The molecule has 9 heteroatoms. The van der Waals surface area contributed by atoms with Crippen molar-refractivity contribution < 1.29 is 22.7 Å². The average molecular weight is 297 g/mol. The van der Waals surface area contributed by atoms with Gasteiger partial charge in [0.25, 0.3) is 10.0 Å². The molecule has 20 heavy (non-hydrogen) atoms. The maximum Gasteiger partial charge on any atom is 0.337 e. The van der Waals surface area contributed by atoms with Crippen molar-refractivity contribution in [3.8, 4) is 0 Å². The van der Waals surface area contributed by atoms with Crippen LogP contribution >= 0.6 is 0 Å². The standard InChI is InChI=1S/C11H11N3O5S/c1-6-5-19-11(13-6)14-20(17,18)9-4-7(12)2-3-8(9)10(15)16/h2-5H,12H2,1H3,(H,13,14)(H,15,16). The summed E-state index contributed by atoms with van der Waals surface area (Å²) in [5.74, 6) is -1.38. The van der Waals surface area contributed by atoms with E-state index in [9.17, 15) is 13.2 Å². The van der Waals surface area contributed by atoms with E-state index < -0.39 is 26.5 Å². The number of nitrogens with two attached hydrogens (primary N) is 1. The molecular weight excluding hydrogens is 286 g/mol. The first-order valence-corrected chi connectivity index (χ1v) is 6.85. The van der Waals surface area contributed by atoms with E-state index in [0.29, 0.717) is 5.69 Å². The number of hydrogen-bond acceptors (Lipinski definition) is 6. The number of aromatic carboxylic acids is 1. The van der Waals surface area contributed by atoms with Gasteiger partial charge in [-0.3, -0.25) is 0 Å². The molecule has 0 aliphatic carbocycles. The van der Waals surface area contributed by atoms with Crippen LogP contribution < -0.4 is 10.5 Å². The lowest BCUT2D eigenvalue weighted by Crippen LogP contribution is -2.17. The Morgan fingerprint density at radius 2 is 2.15 bits per heavy atom. The molecule has 2 aromatic rings. The van der Waals surface area contributed by atoms with E-state index in [-0.39, 0.29) is 11.7 Å². The third-order valence-corrected chi connectivity index (χ3v) is 3.73. The van der Waals surface area contributed by atoms with Gasteiger partial charge in [0.15, 0.2) is 0 Å². The molecule has 0 unspecified atom stereocenters. The molecule has 1 aromatic carbocycles. The van der Waals surface area contributed by atoms with E-state index in [4.69, 9.17) is 15.3 Å². The largest absolute Gasteiger partial charge is 0.478 e. The van der Waals surface area contributed by atoms with E-state index >= 15 is 0 Å². The van der Waals surface area contributed by atoms with Gasteiger partial charge in [0.2, 0.25) is 0 Å². The quantitative estimate of drug-likeness (QED) is 0.718. The molecule has 0 saturated heterocycles. The Morgan fingerprint density at radius 3 is 2.70 bits per heavy atom. The number of sulfonamides is 1. The summed E-state index contributed by atoms with van der Waals surface area (Å²) in [5, 5.41) is 9.02. The smallest absolute Gasteiger partial charge is 0.337 e. The zero-order valence-corrected chi connectivity index (χ0v) is 11.1. The summed E-state index contributed by atoms with van der Waals surface area (Å²) in [6.07, 6.45) is 1.26. The number of oxazole rings is 1. The third kappa shape index (κ3) is 2.72. The number of carboxylic acid groups (broad SMARTS) is 1. The molecule has 0 aliphatic rings. The van der Waals surface area contributed by atoms with Gasteiger partial charge in [-0.2, -0.15) is 4.98 Å². The van der Waals surface area contributed by atoms with E-state index in [1.807, 2.05) is 0 Å². The lowest BCUT2D eigenvalue weighted by Gasteiger charge is -2.08. The highest BCUT2D eigenvalue weighted by atomic mass is 32.2. The Kier molecular flexibility index (Phi) is 3.36. The summed E-state index contributed by atoms with van der Waals surface area (Å²) >= 11 is 0. The second-order valence-electron chi connectivity index (χ2n) is 3.96. The molecule has 0 bridgehead atoms. The van der Waals surface area contributed by atoms with Crippen molar-refractivity contribution in [1.29, 1.82) is 0 Å². The first-order chi connectivity index (χ1) is 9.29. The van der Waals surface area contributed by atoms with Gasteiger partial charge >= 0.3 is 12.0 Å². The van der Waals surface area contributed by atoms with Crippen molar-refractivity contribution in [3.63, 3.8) is 0 Å². The maximum absolute atomic E-state index is 12.2. The van der Waals surface area contributed by atoms with Crippen LogP contribution in [0, 0.1) is 6.92 Å². The Balaban J connectivity index is 2.48. The van der Waals surface area contributed by atoms with Crippen LogP contribution in [0.1, 0.15) is 16.1 Å². The first kappa shape index (κ1) is 13.9. The lowest BCUT2D eigenvalue weighted by molar-refractivity contribution is 0.0692. The van der Waals surface area contributed by atoms with Gasteiger partial charge in [0.1, 0.15) is 11.2 Å². The number of aromatic nitrogens is 1. The van der Waals surface area contributed by atoms with E-state index in [1.54, 1.807) is 6.92 Å². The Labute approximate surface area is 114 Å². The molecule has 0 saturated carbocycles. The zero-order chi connectivity index (χ0) is 14.9. The van der Waals surface area contributed by atoms with E-state index in [0.717, 1.165) is 12.1 Å². The van der Waals surface area contributed by atoms with E-state index in [2.05, 4.69) is 9.71 Å². The summed E-state index contributed by atoms with van der Waals surface area (Å²) in [4.78, 5) is 14.4. The van der Waals surface area contributed by atoms with Crippen molar-refractivity contribution in [3.05, 3.63) is 35.7 Å². The number of aryl methyl sites for hydroxylation is 1. The van der Waals surface area contributed by atoms with Gasteiger partial charge in [-0.25, -0.2) is 17.9 Å². The highest BCUT2D eigenvalue weighted by Gasteiger charge is 2.24. The molecule has 106 valence electrons. The number of anilines is 2. The molecule has 2 rings (SSSR count). The Morgan fingerprint density at radius 1 is 1.45 bits per heavy atom. The summed E-state index contributed by atoms with van der Waals surface area (Å²) in [6.45, 7) is 1.62. The van der Waals surface area contributed by atoms with Crippen LogP contribution in [0.15, 0.2) is 33.8 Å². The summed E-state index contributed by atoms with van der Waals surface area (Å²) < 4.78 is 31.2. The van der Waals surface area contributed by atoms with Gasteiger partial charge < -0.3 is 15.3 Å². The predicted molar refractivity (Wildman–Crippen MR) is 69.9 cm³/mol. The summed E-state index contributed by atoms with van der Waals surface area (Å²) in [6, 6.07) is 3.23. The summed E-state index contributed by atoms with van der Waals surface area (Å²) in [7, 11) is -4.17. The molecule has 0 fully saturated rings. The molecule has 1 heterocycles. The minimum atomic E-state index is -4.17. The number of nitrogen functional groups attached to an aromatic ring is 1. The SMILES string of the molecule is Cc1coc(NS(=O)(=O)c2cc(N)ccc2C(=O)O)n1. The molecule has 1 aromatic heterocycles. The number of benzene rings is 1. The molecule has 0 aliphatic heterocycles. The zero-order valence-electron chi connectivity index (χ0n) is 10.3. The predicted octanol–water partition coefficient (Wildman–Crippen LogP) is 1.06. The number of nitrogens with zero attached hydrogens (tertiary/aromatic N) is 1. The molecule has 0 spiro atoms. The van der Waals surface area contributed by atoms with Gasteiger partial charge in [0.05, 0.1) is 11.3 Å². The maximum atomic E-state index is 12.2.